The summed E-state index contributed by atoms with van der Waals surface area (Å²) in [5, 5.41) is 12.2. The first-order valence-corrected chi connectivity index (χ1v) is 6.65. The van der Waals surface area contributed by atoms with Gasteiger partial charge in [-0.05, 0) is 42.5 Å². The Morgan fingerprint density at radius 1 is 1.47 bits per heavy atom. The van der Waals surface area contributed by atoms with Gasteiger partial charge in [0.1, 0.15) is 5.54 Å². The molecule has 1 heterocycles. The summed E-state index contributed by atoms with van der Waals surface area (Å²) in [7, 11) is 0. The van der Waals surface area contributed by atoms with Crippen LogP contribution in [0.4, 0.5) is 0 Å². The third-order valence-electron chi connectivity index (χ3n) is 3.81. The molecule has 2 N–H and O–H groups in total. The second-order valence-corrected chi connectivity index (χ2v) is 5.35. The standard InChI is InChI=1S/C13H16ClNO4/c1-8-4-2-3-7-13(8,12(17)18)15-11(16)9-5-6-10(14)19-9/h5-6,8H,2-4,7H2,1H3,(H,15,16)(H,17,18). The van der Waals surface area contributed by atoms with E-state index in [1.807, 2.05) is 6.92 Å². The van der Waals surface area contributed by atoms with Crippen molar-refractivity contribution < 1.29 is 19.1 Å². The van der Waals surface area contributed by atoms with Crippen LogP contribution in [0.3, 0.4) is 0 Å². The lowest BCUT2D eigenvalue weighted by Gasteiger charge is -2.39. The molecule has 5 nitrogen and oxygen atoms in total. The highest BCUT2D eigenvalue weighted by Gasteiger charge is 2.46. The van der Waals surface area contributed by atoms with Gasteiger partial charge in [-0.3, -0.25) is 4.79 Å². The first-order chi connectivity index (χ1) is 8.95. The Morgan fingerprint density at radius 2 is 2.21 bits per heavy atom. The molecule has 0 saturated heterocycles. The molecule has 1 aliphatic carbocycles. The van der Waals surface area contributed by atoms with Gasteiger partial charge in [0, 0.05) is 0 Å². The van der Waals surface area contributed by atoms with Crippen LogP contribution in [0.25, 0.3) is 0 Å². The fraction of sp³-hybridized carbons (Fsp3) is 0.538. The Bertz CT molecular complexity index is 499. The van der Waals surface area contributed by atoms with Gasteiger partial charge in [0.2, 0.25) is 0 Å². The lowest BCUT2D eigenvalue weighted by molar-refractivity contribution is -0.148. The topological polar surface area (TPSA) is 79.5 Å². The number of rotatable bonds is 3. The van der Waals surface area contributed by atoms with Crippen molar-refractivity contribution >= 4 is 23.5 Å². The van der Waals surface area contributed by atoms with E-state index in [1.54, 1.807) is 0 Å². The molecule has 2 rings (SSSR count). The quantitative estimate of drug-likeness (QED) is 0.895. The van der Waals surface area contributed by atoms with E-state index in [9.17, 15) is 14.7 Å². The van der Waals surface area contributed by atoms with Crippen molar-refractivity contribution in [2.45, 2.75) is 38.1 Å². The number of hydrogen-bond donors (Lipinski definition) is 2. The molecule has 0 aromatic carbocycles. The van der Waals surface area contributed by atoms with Crippen LogP contribution in [-0.2, 0) is 4.79 Å². The SMILES string of the molecule is CC1CCCCC1(NC(=O)c1ccc(Cl)o1)C(=O)O. The molecule has 1 aliphatic rings. The minimum atomic E-state index is -1.21. The molecule has 19 heavy (non-hydrogen) atoms. The van der Waals surface area contributed by atoms with Gasteiger partial charge in [-0.1, -0.05) is 19.8 Å². The average molecular weight is 286 g/mol. The monoisotopic (exact) mass is 285 g/mol. The van der Waals surface area contributed by atoms with E-state index in [1.165, 1.54) is 12.1 Å². The molecule has 2 unspecified atom stereocenters. The Kier molecular flexibility index (Phi) is 3.85. The number of hydrogen-bond acceptors (Lipinski definition) is 3. The first-order valence-electron chi connectivity index (χ1n) is 6.27. The zero-order valence-electron chi connectivity index (χ0n) is 10.6. The third kappa shape index (κ3) is 2.61. The fourth-order valence-electron chi connectivity index (χ4n) is 2.60. The lowest BCUT2D eigenvalue weighted by atomic mass is 9.73. The highest BCUT2D eigenvalue weighted by molar-refractivity contribution is 6.29. The van der Waals surface area contributed by atoms with E-state index < -0.39 is 17.4 Å². The molecule has 1 fully saturated rings. The molecule has 1 aromatic heterocycles. The highest BCUT2D eigenvalue weighted by Crippen LogP contribution is 2.34. The predicted octanol–water partition coefficient (Wildman–Crippen LogP) is 2.70. The van der Waals surface area contributed by atoms with Gasteiger partial charge < -0.3 is 14.8 Å². The third-order valence-corrected chi connectivity index (χ3v) is 4.02. The Hall–Kier alpha value is -1.49. The van der Waals surface area contributed by atoms with E-state index in [-0.39, 0.29) is 16.9 Å². The number of amides is 1. The van der Waals surface area contributed by atoms with Crippen molar-refractivity contribution in [2.75, 3.05) is 0 Å². The Morgan fingerprint density at radius 3 is 2.74 bits per heavy atom. The summed E-state index contributed by atoms with van der Waals surface area (Å²) in [5.41, 5.74) is -1.21. The number of carbonyl (C=O) groups is 2. The van der Waals surface area contributed by atoms with Gasteiger partial charge in [-0.25, -0.2) is 4.79 Å². The van der Waals surface area contributed by atoms with E-state index in [0.717, 1.165) is 19.3 Å². The van der Waals surface area contributed by atoms with Crippen molar-refractivity contribution in [3.63, 3.8) is 0 Å². The average Bonchev–Trinajstić information content (AvgIpc) is 2.78. The van der Waals surface area contributed by atoms with Crippen molar-refractivity contribution in [3.05, 3.63) is 23.1 Å². The molecule has 0 spiro atoms. The highest BCUT2D eigenvalue weighted by atomic mass is 35.5. The lowest BCUT2D eigenvalue weighted by Crippen LogP contribution is -2.59. The largest absolute Gasteiger partial charge is 0.479 e. The molecule has 6 heteroatoms. The molecule has 0 aliphatic heterocycles. The van der Waals surface area contributed by atoms with Crippen LogP contribution in [-0.4, -0.2) is 22.5 Å². The second kappa shape index (κ2) is 5.25. The normalized spacial score (nSPS) is 26.9. The van der Waals surface area contributed by atoms with Gasteiger partial charge in [0.15, 0.2) is 11.0 Å². The van der Waals surface area contributed by atoms with Crippen LogP contribution < -0.4 is 5.32 Å². The maximum atomic E-state index is 12.1. The van der Waals surface area contributed by atoms with E-state index in [2.05, 4.69) is 5.32 Å². The van der Waals surface area contributed by atoms with Gasteiger partial charge in [0.05, 0.1) is 0 Å². The molecule has 1 saturated carbocycles. The van der Waals surface area contributed by atoms with Gasteiger partial charge in [0.25, 0.3) is 5.91 Å². The Balaban J connectivity index is 2.21. The summed E-state index contributed by atoms with van der Waals surface area (Å²) in [6, 6.07) is 2.88. The number of halogens is 1. The summed E-state index contributed by atoms with van der Waals surface area (Å²) in [4.78, 5) is 23.6. The number of nitrogens with one attached hydrogen (secondary N) is 1. The van der Waals surface area contributed by atoms with Crippen LogP contribution in [0.2, 0.25) is 5.22 Å². The summed E-state index contributed by atoms with van der Waals surface area (Å²) >= 11 is 5.61. The van der Waals surface area contributed by atoms with E-state index >= 15 is 0 Å². The van der Waals surface area contributed by atoms with Gasteiger partial charge in [-0.2, -0.15) is 0 Å². The minimum absolute atomic E-state index is 0.0309. The molecule has 1 amide bonds. The fourth-order valence-corrected chi connectivity index (χ4v) is 2.75. The van der Waals surface area contributed by atoms with Crippen LogP contribution in [0.15, 0.2) is 16.5 Å². The second-order valence-electron chi connectivity index (χ2n) is 4.98. The maximum Gasteiger partial charge on any atom is 0.329 e. The molecule has 104 valence electrons. The molecule has 2 atom stereocenters. The predicted molar refractivity (Wildman–Crippen MR) is 69.2 cm³/mol. The number of carboxylic acids is 1. The van der Waals surface area contributed by atoms with Crippen molar-refractivity contribution in [3.8, 4) is 0 Å². The molecular weight excluding hydrogens is 270 g/mol. The number of carboxylic acid groups (broad SMARTS) is 1. The summed E-state index contributed by atoms with van der Waals surface area (Å²) < 4.78 is 5.01. The van der Waals surface area contributed by atoms with Crippen LogP contribution in [0, 0.1) is 5.92 Å². The van der Waals surface area contributed by atoms with Crippen molar-refractivity contribution in [1.29, 1.82) is 0 Å². The van der Waals surface area contributed by atoms with E-state index in [0.29, 0.717) is 6.42 Å². The molecule has 0 bridgehead atoms. The summed E-state index contributed by atoms with van der Waals surface area (Å²) in [5.74, 6) is -1.62. The van der Waals surface area contributed by atoms with Crippen LogP contribution in [0.1, 0.15) is 43.2 Å². The van der Waals surface area contributed by atoms with Crippen molar-refractivity contribution in [2.24, 2.45) is 5.92 Å². The number of aliphatic carboxylic acids is 1. The minimum Gasteiger partial charge on any atom is -0.479 e. The zero-order chi connectivity index (χ0) is 14.0. The maximum absolute atomic E-state index is 12.1. The van der Waals surface area contributed by atoms with Gasteiger partial charge in [-0.15, -0.1) is 0 Å². The van der Waals surface area contributed by atoms with E-state index in [4.69, 9.17) is 16.0 Å². The van der Waals surface area contributed by atoms with Crippen molar-refractivity contribution in [1.82, 2.24) is 5.32 Å². The van der Waals surface area contributed by atoms with Crippen LogP contribution >= 0.6 is 11.6 Å². The van der Waals surface area contributed by atoms with Gasteiger partial charge >= 0.3 is 5.97 Å². The Labute approximate surface area is 115 Å². The molecule has 1 aromatic rings. The zero-order valence-corrected chi connectivity index (χ0v) is 11.4. The molecule has 0 radical (unpaired) electrons. The van der Waals surface area contributed by atoms with Crippen LogP contribution in [0.5, 0.6) is 0 Å². The summed E-state index contributed by atoms with van der Waals surface area (Å²) in [6.45, 7) is 1.85. The number of carbonyl (C=O) groups excluding carboxylic acids is 1. The molecular formula is C13H16ClNO4. The smallest absolute Gasteiger partial charge is 0.329 e. The number of furan rings is 1. The summed E-state index contributed by atoms with van der Waals surface area (Å²) in [6.07, 6.45) is 2.99. The first kappa shape index (κ1) is 13.9.